The lowest BCUT2D eigenvalue weighted by molar-refractivity contribution is -0.140. The molecular weight excluding hydrogens is 180 g/mol. The summed E-state index contributed by atoms with van der Waals surface area (Å²) in [7, 11) is 1.69. The molecule has 0 radical (unpaired) electrons. The molecule has 4 heteroatoms. The largest absolute Gasteiger partial charge is 0.377 e. The molecule has 0 aromatic rings. The Balaban J connectivity index is 2.60. The molecule has 1 heterocycles. The van der Waals surface area contributed by atoms with Gasteiger partial charge in [-0.05, 0) is 26.7 Å². The average Bonchev–Trinajstić information content (AvgIpc) is 2.16. The summed E-state index contributed by atoms with van der Waals surface area (Å²) in [6.07, 6.45) is 2.00. The number of nitrogens with two attached hydrogens (primary N) is 1. The molecule has 1 amide bonds. The number of ether oxygens (including phenoxy) is 1. The third-order valence-electron chi connectivity index (χ3n) is 2.85. The van der Waals surface area contributed by atoms with Crippen LogP contribution in [0.15, 0.2) is 0 Å². The van der Waals surface area contributed by atoms with Gasteiger partial charge in [0.25, 0.3) is 0 Å². The predicted octanol–water partition coefficient (Wildman–Crippen LogP) is 0.361. The van der Waals surface area contributed by atoms with Crippen molar-refractivity contribution in [2.45, 2.75) is 38.3 Å². The molecule has 14 heavy (non-hydrogen) atoms. The first-order valence-corrected chi connectivity index (χ1v) is 5.08. The van der Waals surface area contributed by atoms with Crippen LogP contribution in [0.3, 0.4) is 0 Å². The number of likely N-dealkylation sites (tertiary alicyclic amines) is 1. The number of carbonyl (C=O) groups excluding carboxylic acids is 1. The second-order valence-electron chi connectivity index (χ2n) is 4.31. The van der Waals surface area contributed by atoms with Crippen LogP contribution in [0.1, 0.15) is 26.7 Å². The Morgan fingerprint density at radius 1 is 1.64 bits per heavy atom. The predicted molar refractivity (Wildman–Crippen MR) is 54.9 cm³/mol. The van der Waals surface area contributed by atoms with Crippen LogP contribution in [-0.2, 0) is 9.53 Å². The van der Waals surface area contributed by atoms with E-state index in [1.165, 1.54) is 0 Å². The molecule has 0 aromatic carbocycles. The van der Waals surface area contributed by atoms with Crippen molar-refractivity contribution in [3.63, 3.8) is 0 Å². The molecule has 4 nitrogen and oxygen atoms in total. The molecule has 1 aliphatic rings. The van der Waals surface area contributed by atoms with E-state index in [0.717, 1.165) is 19.4 Å². The quantitative estimate of drug-likeness (QED) is 0.700. The second kappa shape index (κ2) is 4.28. The van der Waals surface area contributed by atoms with Crippen molar-refractivity contribution < 1.29 is 9.53 Å². The van der Waals surface area contributed by atoms with E-state index in [9.17, 15) is 4.79 Å². The molecule has 0 aromatic heterocycles. The van der Waals surface area contributed by atoms with E-state index < -0.39 is 6.04 Å². The lowest BCUT2D eigenvalue weighted by Crippen LogP contribution is -2.53. The first kappa shape index (κ1) is 11.5. The molecule has 1 unspecified atom stereocenters. The highest BCUT2D eigenvalue weighted by Crippen LogP contribution is 2.23. The van der Waals surface area contributed by atoms with Gasteiger partial charge in [0.05, 0.1) is 11.6 Å². The van der Waals surface area contributed by atoms with E-state index in [4.69, 9.17) is 10.5 Å². The lowest BCUT2D eigenvalue weighted by Gasteiger charge is -2.40. The maximum Gasteiger partial charge on any atom is 0.239 e. The van der Waals surface area contributed by atoms with Gasteiger partial charge in [-0.2, -0.15) is 0 Å². The van der Waals surface area contributed by atoms with Crippen LogP contribution in [0.4, 0.5) is 0 Å². The molecule has 2 atom stereocenters. The highest BCUT2D eigenvalue weighted by atomic mass is 16.5. The maximum absolute atomic E-state index is 11.6. The lowest BCUT2D eigenvalue weighted by atomic mass is 9.94. The van der Waals surface area contributed by atoms with Crippen LogP contribution < -0.4 is 5.73 Å². The van der Waals surface area contributed by atoms with Gasteiger partial charge < -0.3 is 15.4 Å². The Morgan fingerprint density at radius 3 is 2.79 bits per heavy atom. The summed E-state index contributed by atoms with van der Waals surface area (Å²) in [5, 5.41) is 0. The normalized spacial score (nSPS) is 30.1. The van der Waals surface area contributed by atoms with E-state index in [2.05, 4.69) is 0 Å². The average molecular weight is 200 g/mol. The fraction of sp³-hybridized carbons (Fsp3) is 0.900. The Labute approximate surface area is 85.4 Å². The van der Waals surface area contributed by atoms with Gasteiger partial charge in [0.2, 0.25) is 5.91 Å². The second-order valence-corrected chi connectivity index (χ2v) is 4.31. The number of rotatable bonds is 2. The number of nitrogens with zero attached hydrogens (tertiary/aromatic N) is 1. The third-order valence-corrected chi connectivity index (χ3v) is 2.85. The fourth-order valence-electron chi connectivity index (χ4n) is 1.85. The van der Waals surface area contributed by atoms with E-state index in [1.54, 1.807) is 18.9 Å². The number of hydrogen-bond donors (Lipinski definition) is 1. The van der Waals surface area contributed by atoms with Gasteiger partial charge in [-0.25, -0.2) is 0 Å². The highest BCUT2D eigenvalue weighted by Gasteiger charge is 2.33. The molecule has 0 saturated carbocycles. The molecule has 1 saturated heterocycles. The molecule has 1 rings (SSSR count). The Kier molecular flexibility index (Phi) is 3.50. The Hall–Kier alpha value is -0.610. The monoisotopic (exact) mass is 200 g/mol. The summed E-state index contributed by atoms with van der Waals surface area (Å²) in [6, 6.07) is -0.408. The minimum Gasteiger partial charge on any atom is -0.377 e. The summed E-state index contributed by atoms with van der Waals surface area (Å²) in [5.74, 6) is 0.0213. The summed E-state index contributed by atoms with van der Waals surface area (Å²) in [5.41, 5.74) is 5.37. The van der Waals surface area contributed by atoms with Crippen LogP contribution in [0.2, 0.25) is 0 Å². The Bertz CT molecular complexity index is 218. The number of piperidine rings is 1. The van der Waals surface area contributed by atoms with Crippen molar-refractivity contribution in [3.8, 4) is 0 Å². The summed E-state index contributed by atoms with van der Waals surface area (Å²) >= 11 is 0. The SMILES string of the molecule is COC1(C)CCCN(C(=O)[C@@H](C)N)C1. The highest BCUT2D eigenvalue weighted by molar-refractivity contribution is 5.81. The van der Waals surface area contributed by atoms with Crippen molar-refractivity contribution >= 4 is 5.91 Å². The first-order chi connectivity index (χ1) is 6.48. The Morgan fingerprint density at radius 2 is 2.29 bits per heavy atom. The number of carbonyl (C=O) groups is 1. The summed E-state index contributed by atoms with van der Waals surface area (Å²) < 4.78 is 5.40. The van der Waals surface area contributed by atoms with E-state index in [0.29, 0.717) is 6.54 Å². The van der Waals surface area contributed by atoms with Crippen molar-refractivity contribution in [2.24, 2.45) is 5.73 Å². The van der Waals surface area contributed by atoms with Crippen molar-refractivity contribution in [2.75, 3.05) is 20.2 Å². The van der Waals surface area contributed by atoms with Gasteiger partial charge in [0.15, 0.2) is 0 Å². The molecule has 82 valence electrons. The van der Waals surface area contributed by atoms with Gasteiger partial charge in [0, 0.05) is 20.2 Å². The van der Waals surface area contributed by atoms with E-state index in [-0.39, 0.29) is 11.5 Å². The minimum absolute atomic E-state index is 0.0213. The van der Waals surface area contributed by atoms with Gasteiger partial charge in [-0.1, -0.05) is 0 Å². The molecular formula is C10H20N2O2. The molecule has 0 spiro atoms. The molecule has 1 aliphatic heterocycles. The zero-order chi connectivity index (χ0) is 10.8. The van der Waals surface area contributed by atoms with Gasteiger partial charge in [-0.15, -0.1) is 0 Å². The number of amides is 1. The van der Waals surface area contributed by atoms with Crippen molar-refractivity contribution in [1.29, 1.82) is 0 Å². The molecule has 2 N–H and O–H groups in total. The van der Waals surface area contributed by atoms with Crippen LogP contribution in [0, 0.1) is 0 Å². The van der Waals surface area contributed by atoms with Crippen molar-refractivity contribution in [3.05, 3.63) is 0 Å². The fourth-order valence-corrected chi connectivity index (χ4v) is 1.85. The van der Waals surface area contributed by atoms with Crippen LogP contribution in [-0.4, -0.2) is 42.6 Å². The molecule has 0 bridgehead atoms. The molecule has 0 aliphatic carbocycles. The summed E-state index contributed by atoms with van der Waals surface area (Å²) in [6.45, 7) is 5.22. The zero-order valence-corrected chi connectivity index (χ0v) is 9.25. The first-order valence-electron chi connectivity index (χ1n) is 5.08. The van der Waals surface area contributed by atoms with Gasteiger partial charge >= 0.3 is 0 Å². The van der Waals surface area contributed by atoms with Crippen LogP contribution in [0.25, 0.3) is 0 Å². The zero-order valence-electron chi connectivity index (χ0n) is 9.25. The van der Waals surface area contributed by atoms with Gasteiger partial charge in [-0.3, -0.25) is 4.79 Å². The summed E-state index contributed by atoms with van der Waals surface area (Å²) in [4.78, 5) is 13.5. The standard InChI is InChI=1S/C10H20N2O2/c1-8(11)9(13)12-6-4-5-10(2,7-12)14-3/h8H,4-7,11H2,1-3H3/t8-,10?/m1/s1. The molecule has 1 fully saturated rings. The van der Waals surface area contributed by atoms with Crippen molar-refractivity contribution in [1.82, 2.24) is 4.90 Å². The van der Waals surface area contributed by atoms with Crippen LogP contribution >= 0.6 is 0 Å². The number of methoxy groups -OCH3 is 1. The third kappa shape index (κ3) is 2.45. The smallest absolute Gasteiger partial charge is 0.239 e. The van der Waals surface area contributed by atoms with Gasteiger partial charge in [0.1, 0.15) is 0 Å². The minimum atomic E-state index is -0.408. The van der Waals surface area contributed by atoms with Crippen LogP contribution in [0.5, 0.6) is 0 Å². The van der Waals surface area contributed by atoms with E-state index >= 15 is 0 Å². The van der Waals surface area contributed by atoms with E-state index in [1.807, 2.05) is 6.92 Å². The topological polar surface area (TPSA) is 55.6 Å². The number of hydrogen-bond acceptors (Lipinski definition) is 3. The maximum atomic E-state index is 11.6.